The summed E-state index contributed by atoms with van der Waals surface area (Å²) in [6, 6.07) is -0.484. The van der Waals surface area contributed by atoms with Gasteiger partial charge in [0.05, 0.1) is 6.54 Å². The third-order valence-corrected chi connectivity index (χ3v) is 3.07. The molecule has 1 heterocycles. The molecule has 0 atom stereocenters. The van der Waals surface area contributed by atoms with Crippen LogP contribution in [0.1, 0.15) is 26.5 Å². The number of carboxylic acids is 1. The van der Waals surface area contributed by atoms with Crippen LogP contribution >= 0.6 is 11.3 Å². The van der Waals surface area contributed by atoms with E-state index in [2.05, 4.69) is 10.3 Å². The SMILES string of the molecule is CC(C)(C)N(CC(=O)O)C(=O)NCc1csc(=O)[nH]1. The number of carbonyl (C=O) groups excluding carboxylic acids is 1. The lowest BCUT2D eigenvalue weighted by atomic mass is 10.1. The summed E-state index contributed by atoms with van der Waals surface area (Å²) in [5, 5.41) is 13.0. The normalized spacial score (nSPS) is 11.1. The molecule has 0 saturated heterocycles. The van der Waals surface area contributed by atoms with E-state index in [1.54, 1.807) is 26.2 Å². The molecule has 0 bridgehead atoms. The van der Waals surface area contributed by atoms with Gasteiger partial charge in [-0.1, -0.05) is 11.3 Å². The van der Waals surface area contributed by atoms with Crippen LogP contribution in [0.2, 0.25) is 0 Å². The zero-order chi connectivity index (χ0) is 14.6. The van der Waals surface area contributed by atoms with Crippen molar-refractivity contribution in [1.29, 1.82) is 0 Å². The molecule has 3 N–H and O–H groups in total. The lowest BCUT2D eigenvalue weighted by molar-refractivity contribution is -0.138. The van der Waals surface area contributed by atoms with Gasteiger partial charge in [0.2, 0.25) is 0 Å². The third-order valence-electron chi connectivity index (χ3n) is 2.35. The summed E-state index contributed by atoms with van der Waals surface area (Å²) in [4.78, 5) is 37.3. The van der Waals surface area contributed by atoms with E-state index in [1.165, 1.54) is 4.90 Å². The highest BCUT2D eigenvalue weighted by Gasteiger charge is 2.28. The lowest BCUT2D eigenvalue weighted by Crippen LogP contribution is -2.52. The Balaban J connectivity index is 2.67. The Hall–Kier alpha value is -1.83. The minimum atomic E-state index is -1.07. The Bertz CT molecular complexity index is 515. The molecule has 1 aromatic rings. The number of aromatic nitrogens is 1. The Kier molecular flexibility index (Phi) is 4.71. The second kappa shape index (κ2) is 5.87. The number of H-pyrrole nitrogens is 1. The number of urea groups is 1. The molecule has 1 rings (SSSR count). The molecule has 106 valence electrons. The molecule has 8 heteroatoms. The van der Waals surface area contributed by atoms with Crippen LogP contribution in [0, 0.1) is 0 Å². The van der Waals surface area contributed by atoms with E-state index >= 15 is 0 Å². The molecule has 0 aliphatic heterocycles. The molecule has 0 saturated carbocycles. The van der Waals surface area contributed by atoms with Crippen molar-refractivity contribution in [3.8, 4) is 0 Å². The van der Waals surface area contributed by atoms with Gasteiger partial charge >= 0.3 is 16.9 Å². The number of carbonyl (C=O) groups is 2. The van der Waals surface area contributed by atoms with Crippen molar-refractivity contribution in [2.75, 3.05) is 6.54 Å². The van der Waals surface area contributed by atoms with E-state index in [9.17, 15) is 14.4 Å². The Labute approximate surface area is 114 Å². The summed E-state index contributed by atoms with van der Waals surface area (Å²) >= 11 is 1.01. The van der Waals surface area contributed by atoms with Gasteiger partial charge in [-0.2, -0.15) is 0 Å². The summed E-state index contributed by atoms with van der Waals surface area (Å²) in [5.41, 5.74) is -0.0163. The average Bonchev–Trinajstić information content (AvgIpc) is 2.67. The number of nitrogens with one attached hydrogen (secondary N) is 2. The average molecular weight is 287 g/mol. The number of amides is 2. The fraction of sp³-hybridized carbons (Fsp3) is 0.545. The van der Waals surface area contributed by atoms with E-state index in [1.807, 2.05) is 0 Å². The summed E-state index contributed by atoms with van der Waals surface area (Å²) in [5.74, 6) is -1.07. The van der Waals surface area contributed by atoms with E-state index in [4.69, 9.17) is 5.11 Å². The first-order valence-corrected chi connectivity index (χ1v) is 6.52. The number of carboxylic acid groups (broad SMARTS) is 1. The molecule has 0 aliphatic rings. The number of hydrogen-bond acceptors (Lipinski definition) is 4. The number of hydrogen-bond donors (Lipinski definition) is 3. The number of aromatic amines is 1. The highest BCUT2D eigenvalue weighted by atomic mass is 32.1. The molecule has 19 heavy (non-hydrogen) atoms. The van der Waals surface area contributed by atoms with Crippen LogP contribution in [-0.4, -0.2) is 39.1 Å². The van der Waals surface area contributed by atoms with Crippen molar-refractivity contribution in [2.24, 2.45) is 0 Å². The minimum absolute atomic E-state index is 0.157. The van der Waals surface area contributed by atoms with Gasteiger partial charge in [0.15, 0.2) is 0 Å². The molecule has 0 aromatic carbocycles. The first-order chi connectivity index (χ1) is 8.70. The quantitative estimate of drug-likeness (QED) is 0.763. The Morgan fingerprint density at radius 2 is 2.11 bits per heavy atom. The molecule has 0 fully saturated rings. The smallest absolute Gasteiger partial charge is 0.323 e. The largest absolute Gasteiger partial charge is 0.480 e. The minimum Gasteiger partial charge on any atom is -0.480 e. The summed E-state index contributed by atoms with van der Waals surface area (Å²) < 4.78 is 0. The van der Waals surface area contributed by atoms with Crippen LogP contribution < -0.4 is 10.2 Å². The predicted octanol–water partition coefficient (Wildman–Crippen LogP) is 0.831. The number of rotatable bonds is 4. The van der Waals surface area contributed by atoms with Gasteiger partial charge in [0, 0.05) is 16.6 Å². The first-order valence-electron chi connectivity index (χ1n) is 5.64. The Morgan fingerprint density at radius 3 is 2.53 bits per heavy atom. The number of thiazole rings is 1. The maximum atomic E-state index is 12.0. The summed E-state index contributed by atoms with van der Waals surface area (Å²) in [6.45, 7) is 5.03. The van der Waals surface area contributed by atoms with Crippen LogP contribution in [0.4, 0.5) is 4.79 Å². The monoisotopic (exact) mass is 287 g/mol. The van der Waals surface area contributed by atoms with Gasteiger partial charge in [0.25, 0.3) is 0 Å². The predicted molar refractivity (Wildman–Crippen MR) is 71.3 cm³/mol. The fourth-order valence-electron chi connectivity index (χ4n) is 1.42. The lowest BCUT2D eigenvalue weighted by Gasteiger charge is -2.34. The molecule has 1 aromatic heterocycles. The van der Waals surface area contributed by atoms with Crippen LogP contribution in [0.5, 0.6) is 0 Å². The van der Waals surface area contributed by atoms with Gasteiger partial charge in [-0.05, 0) is 20.8 Å². The number of nitrogens with zero attached hydrogens (tertiary/aromatic N) is 1. The van der Waals surface area contributed by atoms with Crippen molar-refractivity contribution in [1.82, 2.24) is 15.2 Å². The van der Waals surface area contributed by atoms with Crippen molar-refractivity contribution < 1.29 is 14.7 Å². The summed E-state index contributed by atoms with van der Waals surface area (Å²) in [7, 11) is 0. The molecule has 0 aliphatic carbocycles. The van der Waals surface area contributed by atoms with Crippen LogP contribution in [-0.2, 0) is 11.3 Å². The molecular weight excluding hydrogens is 270 g/mol. The molecule has 0 unspecified atom stereocenters. The van der Waals surface area contributed by atoms with Crippen LogP contribution in [0.25, 0.3) is 0 Å². The topological polar surface area (TPSA) is 102 Å². The Morgan fingerprint density at radius 1 is 1.47 bits per heavy atom. The van der Waals surface area contributed by atoms with Crippen LogP contribution in [0.3, 0.4) is 0 Å². The van der Waals surface area contributed by atoms with Gasteiger partial charge in [-0.3, -0.25) is 9.59 Å². The second-order valence-electron chi connectivity index (χ2n) is 4.98. The zero-order valence-electron chi connectivity index (χ0n) is 11.0. The molecule has 7 nitrogen and oxygen atoms in total. The van der Waals surface area contributed by atoms with E-state index in [-0.39, 0.29) is 18.0 Å². The highest BCUT2D eigenvalue weighted by Crippen LogP contribution is 2.13. The standard InChI is InChI=1S/C11H17N3O4S/c1-11(2,3)14(5-8(15)16)9(17)12-4-7-6-19-10(18)13-7/h6H,4-5H2,1-3H3,(H,12,17)(H,13,18)(H,15,16). The molecule has 0 radical (unpaired) electrons. The van der Waals surface area contributed by atoms with Gasteiger partial charge in [-0.15, -0.1) is 0 Å². The third kappa shape index (κ3) is 4.74. The van der Waals surface area contributed by atoms with E-state index in [0.717, 1.165) is 11.3 Å². The molecule has 0 spiro atoms. The summed E-state index contributed by atoms with van der Waals surface area (Å²) in [6.07, 6.45) is 0. The van der Waals surface area contributed by atoms with Gasteiger partial charge in [-0.25, -0.2) is 4.79 Å². The second-order valence-corrected chi connectivity index (χ2v) is 5.83. The fourth-order valence-corrected chi connectivity index (χ4v) is 2.00. The zero-order valence-corrected chi connectivity index (χ0v) is 11.8. The van der Waals surface area contributed by atoms with Crippen molar-refractivity contribution in [3.63, 3.8) is 0 Å². The van der Waals surface area contributed by atoms with Gasteiger partial charge < -0.3 is 20.3 Å². The highest BCUT2D eigenvalue weighted by molar-refractivity contribution is 7.07. The molecule has 2 amide bonds. The van der Waals surface area contributed by atoms with Crippen molar-refractivity contribution >= 4 is 23.3 Å². The maximum absolute atomic E-state index is 12.0. The van der Waals surface area contributed by atoms with Gasteiger partial charge in [0.1, 0.15) is 6.54 Å². The molecular formula is C11H17N3O4S. The maximum Gasteiger partial charge on any atom is 0.323 e. The van der Waals surface area contributed by atoms with Crippen molar-refractivity contribution in [2.45, 2.75) is 32.9 Å². The van der Waals surface area contributed by atoms with Crippen molar-refractivity contribution in [3.05, 3.63) is 20.7 Å². The van der Waals surface area contributed by atoms with E-state index in [0.29, 0.717) is 5.69 Å². The first kappa shape index (κ1) is 15.2. The number of aliphatic carboxylic acids is 1. The van der Waals surface area contributed by atoms with E-state index < -0.39 is 17.5 Å². The van der Waals surface area contributed by atoms with Crippen LogP contribution in [0.15, 0.2) is 10.2 Å².